The van der Waals surface area contributed by atoms with Crippen LogP contribution in [0.2, 0.25) is 0 Å². The van der Waals surface area contributed by atoms with Crippen molar-refractivity contribution in [2.45, 2.75) is 17.2 Å². The normalized spacial score (nSPS) is 10.4. The SMILES string of the molecule is CCNc1nc(OC)nc(Sc2nncn2C)n1. The highest BCUT2D eigenvalue weighted by Crippen LogP contribution is 2.23. The molecular formula is C9H13N7OS. The first kappa shape index (κ1) is 12.6. The summed E-state index contributed by atoms with van der Waals surface area (Å²) in [6.07, 6.45) is 1.62. The van der Waals surface area contributed by atoms with E-state index in [-0.39, 0.29) is 6.01 Å². The molecule has 0 atom stereocenters. The third-order valence-electron chi connectivity index (χ3n) is 1.96. The van der Waals surface area contributed by atoms with E-state index in [0.29, 0.717) is 16.3 Å². The van der Waals surface area contributed by atoms with Crippen molar-refractivity contribution in [2.24, 2.45) is 7.05 Å². The molecule has 0 aromatic carbocycles. The van der Waals surface area contributed by atoms with Gasteiger partial charge < -0.3 is 14.6 Å². The summed E-state index contributed by atoms with van der Waals surface area (Å²) in [5, 5.41) is 12.0. The smallest absolute Gasteiger partial charge is 0.321 e. The molecular weight excluding hydrogens is 254 g/mol. The Morgan fingerprint density at radius 1 is 1.39 bits per heavy atom. The number of nitrogens with one attached hydrogen (secondary N) is 1. The minimum absolute atomic E-state index is 0.269. The van der Waals surface area contributed by atoms with E-state index in [1.54, 1.807) is 10.9 Å². The highest BCUT2D eigenvalue weighted by atomic mass is 32.2. The van der Waals surface area contributed by atoms with Crippen LogP contribution < -0.4 is 10.1 Å². The zero-order chi connectivity index (χ0) is 13.0. The minimum Gasteiger partial charge on any atom is -0.467 e. The Morgan fingerprint density at radius 2 is 2.22 bits per heavy atom. The standard InChI is InChI=1S/C9H13N7OS/c1-4-10-6-12-7(17-3)14-8(13-6)18-9-15-11-5-16(9)2/h5H,4H2,1-3H3,(H,10,12,13,14). The molecule has 0 bridgehead atoms. The lowest BCUT2D eigenvalue weighted by Gasteiger charge is -2.05. The highest BCUT2D eigenvalue weighted by Gasteiger charge is 2.10. The lowest BCUT2D eigenvalue weighted by molar-refractivity contribution is 0.373. The second-order valence-electron chi connectivity index (χ2n) is 3.29. The lowest BCUT2D eigenvalue weighted by Crippen LogP contribution is -2.06. The Labute approximate surface area is 108 Å². The Hall–Kier alpha value is -1.90. The summed E-state index contributed by atoms with van der Waals surface area (Å²) in [4.78, 5) is 12.5. The van der Waals surface area contributed by atoms with E-state index in [2.05, 4.69) is 30.5 Å². The quantitative estimate of drug-likeness (QED) is 0.841. The molecule has 96 valence electrons. The van der Waals surface area contributed by atoms with Crippen LogP contribution in [0.25, 0.3) is 0 Å². The van der Waals surface area contributed by atoms with Crippen LogP contribution in [-0.2, 0) is 7.05 Å². The van der Waals surface area contributed by atoms with Crippen LogP contribution in [0.5, 0.6) is 6.01 Å². The summed E-state index contributed by atoms with van der Waals surface area (Å²) in [5.74, 6) is 0.481. The van der Waals surface area contributed by atoms with Gasteiger partial charge in [-0.3, -0.25) is 0 Å². The summed E-state index contributed by atoms with van der Waals surface area (Å²) in [6, 6.07) is 0.269. The van der Waals surface area contributed by atoms with Crippen molar-refractivity contribution in [3.8, 4) is 6.01 Å². The highest BCUT2D eigenvalue weighted by molar-refractivity contribution is 7.99. The molecule has 8 nitrogen and oxygen atoms in total. The molecule has 1 N–H and O–H groups in total. The Balaban J connectivity index is 2.26. The largest absolute Gasteiger partial charge is 0.467 e. The fourth-order valence-electron chi connectivity index (χ4n) is 1.16. The second-order valence-corrected chi connectivity index (χ2v) is 4.22. The summed E-state index contributed by atoms with van der Waals surface area (Å²) in [5.41, 5.74) is 0. The number of anilines is 1. The van der Waals surface area contributed by atoms with Crippen molar-refractivity contribution in [2.75, 3.05) is 19.0 Å². The monoisotopic (exact) mass is 267 g/mol. The van der Waals surface area contributed by atoms with Crippen LogP contribution in [0.1, 0.15) is 6.92 Å². The Bertz CT molecular complexity index is 529. The molecule has 2 aromatic heterocycles. The van der Waals surface area contributed by atoms with Crippen LogP contribution in [0.15, 0.2) is 16.6 Å². The molecule has 9 heteroatoms. The van der Waals surface area contributed by atoms with Gasteiger partial charge in [0.2, 0.25) is 11.1 Å². The maximum Gasteiger partial charge on any atom is 0.321 e. The molecule has 2 rings (SSSR count). The van der Waals surface area contributed by atoms with E-state index in [1.165, 1.54) is 18.9 Å². The average molecular weight is 267 g/mol. The third kappa shape index (κ3) is 2.86. The van der Waals surface area contributed by atoms with Gasteiger partial charge in [0.25, 0.3) is 0 Å². The van der Waals surface area contributed by atoms with Crippen LogP contribution in [-0.4, -0.2) is 43.4 Å². The number of nitrogens with zero attached hydrogens (tertiary/aromatic N) is 6. The van der Waals surface area contributed by atoms with Gasteiger partial charge in [-0.2, -0.15) is 15.0 Å². The minimum atomic E-state index is 0.269. The number of ether oxygens (including phenoxy) is 1. The van der Waals surface area contributed by atoms with Crippen LogP contribution in [0, 0.1) is 0 Å². The van der Waals surface area contributed by atoms with Gasteiger partial charge in [-0.1, -0.05) is 0 Å². The first-order chi connectivity index (χ1) is 8.72. The van der Waals surface area contributed by atoms with E-state index in [4.69, 9.17) is 4.74 Å². The second kappa shape index (κ2) is 5.63. The molecule has 0 saturated carbocycles. The summed E-state index contributed by atoms with van der Waals surface area (Å²) < 4.78 is 6.82. The molecule has 0 saturated heterocycles. The van der Waals surface area contributed by atoms with Crippen molar-refractivity contribution >= 4 is 17.7 Å². The molecule has 0 spiro atoms. The van der Waals surface area contributed by atoms with E-state index in [1.807, 2.05) is 14.0 Å². The maximum absolute atomic E-state index is 5.03. The molecule has 0 aliphatic heterocycles. The molecule has 0 amide bonds. The third-order valence-corrected chi connectivity index (χ3v) is 2.88. The van der Waals surface area contributed by atoms with Crippen molar-refractivity contribution < 1.29 is 4.74 Å². The number of hydrogen-bond acceptors (Lipinski definition) is 8. The van der Waals surface area contributed by atoms with Crippen molar-refractivity contribution in [3.05, 3.63) is 6.33 Å². The fraction of sp³-hybridized carbons (Fsp3) is 0.444. The summed E-state index contributed by atoms with van der Waals surface area (Å²) >= 11 is 1.30. The van der Waals surface area contributed by atoms with E-state index >= 15 is 0 Å². The van der Waals surface area contributed by atoms with Gasteiger partial charge in [-0.15, -0.1) is 10.2 Å². The maximum atomic E-state index is 5.03. The van der Waals surface area contributed by atoms with Gasteiger partial charge in [0.1, 0.15) is 6.33 Å². The van der Waals surface area contributed by atoms with Crippen molar-refractivity contribution in [3.63, 3.8) is 0 Å². The molecule has 0 aliphatic rings. The number of aryl methyl sites for hydroxylation is 1. The van der Waals surface area contributed by atoms with Gasteiger partial charge in [-0.25, -0.2) is 0 Å². The van der Waals surface area contributed by atoms with Crippen LogP contribution in [0.3, 0.4) is 0 Å². The predicted molar refractivity (Wildman–Crippen MR) is 65.7 cm³/mol. The van der Waals surface area contributed by atoms with E-state index in [0.717, 1.165) is 6.54 Å². The number of methoxy groups -OCH3 is 1. The zero-order valence-corrected chi connectivity index (χ0v) is 11.1. The number of rotatable bonds is 5. The molecule has 0 aliphatic carbocycles. The molecule has 2 heterocycles. The molecule has 2 aromatic rings. The van der Waals surface area contributed by atoms with Gasteiger partial charge in [0, 0.05) is 13.6 Å². The number of aromatic nitrogens is 6. The number of hydrogen-bond donors (Lipinski definition) is 1. The fourth-order valence-corrected chi connectivity index (χ4v) is 1.86. The Kier molecular flexibility index (Phi) is 3.92. The van der Waals surface area contributed by atoms with Gasteiger partial charge in [0.15, 0.2) is 5.16 Å². The molecule has 0 radical (unpaired) electrons. The molecule has 0 fully saturated rings. The average Bonchev–Trinajstić information content (AvgIpc) is 2.75. The predicted octanol–water partition coefficient (Wildman–Crippen LogP) is 0.592. The van der Waals surface area contributed by atoms with Gasteiger partial charge in [0.05, 0.1) is 7.11 Å². The van der Waals surface area contributed by atoms with Crippen molar-refractivity contribution in [1.82, 2.24) is 29.7 Å². The Morgan fingerprint density at radius 3 is 2.83 bits per heavy atom. The van der Waals surface area contributed by atoms with Crippen molar-refractivity contribution in [1.29, 1.82) is 0 Å². The first-order valence-electron chi connectivity index (χ1n) is 5.28. The molecule has 18 heavy (non-hydrogen) atoms. The first-order valence-corrected chi connectivity index (χ1v) is 6.10. The van der Waals surface area contributed by atoms with E-state index in [9.17, 15) is 0 Å². The summed E-state index contributed by atoms with van der Waals surface area (Å²) in [7, 11) is 3.37. The molecule has 0 unspecified atom stereocenters. The van der Waals surface area contributed by atoms with Crippen LogP contribution in [0.4, 0.5) is 5.95 Å². The van der Waals surface area contributed by atoms with E-state index < -0.39 is 0 Å². The lowest BCUT2D eigenvalue weighted by atomic mass is 10.7. The summed E-state index contributed by atoms with van der Waals surface area (Å²) in [6.45, 7) is 2.69. The van der Waals surface area contributed by atoms with Crippen LogP contribution >= 0.6 is 11.8 Å². The zero-order valence-electron chi connectivity index (χ0n) is 10.3. The van der Waals surface area contributed by atoms with Gasteiger partial charge in [-0.05, 0) is 18.7 Å². The van der Waals surface area contributed by atoms with Gasteiger partial charge >= 0.3 is 6.01 Å². The topological polar surface area (TPSA) is 90.6 Å².